The standard InChI is InChI=1S/C13H23NO3/c1-3-4-8-17-10(2)13(16)14-9-11-6-5-7-12(11)15/h3,10-12,15H,1,4-9H2,2H3,(H,14,16). The molecule has 0 aromatic carbocycles. The number of rotatable bonds is 7. The lowest BCUT2D eigenvalue weighted by atomic mass is 10.1. The van der Waals surface area contributed by atoms with Gasteiger partial charge in [0.1, 0.15) is 6.10 Å². The molecule has 4 heteroatoms. The van der Waals surface area contributed by atoms with Crippen LogP contribution in [0.5, 0.6) is 0 Å². The van der Waals surface area contributed by atoms with Crippen molar-refractivity contribution >= 4 is 5.91 Å². The van der Waals surface area contributed by atoms with Crippen molar-refractivity contribution in [1.29, 1.82) is 0 Å². The molecule has 1 aliphatic rings. The first-order valence-electron chi connectivity index (χ1n) is 6.33. The van der Waals surface area contributed by atoms with Crippen molar-refractivity contribution < 1.29 is 14.6 Å². The van der Waals surface area contributed by atoms with Gasteiger partial charge in [0.05, 0.1) is 12.7 Å². The van der Waals surface area contributed by atoms with Crippen LogP contribution in [-0.4, -0.2) is 36.4 Å². The molecule has 1 rings (SSSR count). The Morgan fingerprint density at radius 3 is 3.00 bits per heavy atom. The predicted octanol–water partition coefficient (Wildman–Crippen LogP) is 1.24. The largest absolute Gasteiger partial charge is 0.393 e. The van der Waals surface area contributed by atoms with Crippen LogP contribution in [0.25, 0.3) is 0 Å². The second-order valence-electron chi connectivity index (χ2n) is 4.59. The Hall–Kier alpha value is -0.870. The highest BCUT2D eigenvalue weighted by Gasteiger charge is 2.26. The topological polar surface area (TPSA) is 58.6 Å². The molecule has 4 nitrogen and oxygen atoms in total. The van der Waals surface area contributed by atoms with Gasteiger partial charge in [-0.15, -0.1) is 6.58 Å². The molecular weight excluding hydrogens is 218 g/mol. The molecular formula is C13H23NO3. The van der Waals surface area contributed by atoms with Crippen LogP contribution in [0.15, 0.2) is 12.7 Å². The molecule has 0 saturated heterocycles. The van der Waals surface area contributed by atoms with Crippen molar-refractivity contribution in [3.63, 3.8) is 0 Å². The predicted molar refractivity (Wildman–Crippen MR) is 66.6 cm³/mol. The number of aliphatic hydroxyl groups is 1. The average molecular weight is 241 g/mol. The summed E-state index contributed by atoms with van der Waals surface area (Å²) in [6.07, 6.45) is 4.71. The van der Waals surface area contributed by atoms with Crippen LogP contribution in [0, 0.1) is 5.92 Å². The monoisotopic (exact) mass is 241 g/mol. The van der Waals surface area contributed by atoms with E-state index in [1.165, 1.54) is 0 Å². The fourth-order valence-electron chi connectivity index (χ4n) is 2.03. The SMILES string of the molecule is C=CCCOC(C)C(=O)NCC1CCCC1O. The summed E-state index contributed by atoms with van der Waals surface area (Å²) in [5.74, 6) is 0.104. The maximum atomic E-state index is 11.7. The van der Waals surface area contributed by atoms with E-state index in [9.17, 15) is 9.90 Å². The molecule has 0 aromatic heterocycles. The fraction of sp³-hybridized carbons (Fsp3) is 0.769. The molecule has 3 unspecified atom stereocenters. The Morgan fingerprint density at radius 2 is 2.41 bits per heavy atom. The molecule has 0 aliphatic heterocycles. The van der Waals surface area contributed by atoms with Crippen LogP contribution in [0.2, 0.25) is 0 Å². The average Bonchev–Trinajstić information content (AvgIpc) is 2.72. The van der Waals surface area contributed by atoms with E-state index in [4.69, 9.17) is 4.74 Å². The number of carbonyl (C=O) groups excluding carboxylic acids is 1. The molecule has 1 saturated carbocycles. The van der Waals surface area contributed by atoms with Gasteiger partial charge in [0.25, 0.3) is 0 Å². The molecule has 3 atom stereocenters. The summed E-state index contributed by atoms with van der Waals surface area (Å²) in [7, 11) is 0. The molecule has 0 heterocycles. The molecule has 1 amide bonds. The van der Waals surface area contributed by atoms with Crippen molar-refractivity contribution in [3.8, 4) is 0 Å². The lowest BCUT2D eigenvalue weighted by Crippen LogP contribution is -2.39. The fourth-order valence-corrected chi connectivity index (χ4v) is 2.03. The van der Waals surface area contributed by atoms with Gasteiger partial charge in [-0.05, 0) is 26.2 Å². The van der Waals surface area contributed by atoms with E-state index in [1.54, 1.807) is 13.0 Å². The van der Waals surface area contributed by atoms with Crippen molar-refractivity contribution in [2.24, 2.45) is 5.92 Å². The van der Waals surface area contributed by atoms with Crippen LogP contribution in [0.3, 0.4) is 0 Å². The van der Waals surface area contributed by atoms with E-state index in [1.807, 2.05) is 0 Å². The van der Waals surface area contributed by atoms with Crippen molar-refractivity contribution in [2.45, 2.75) is 44.8 Å². The summed E-state index contributed by atoms with van der Waals surface area (Å²) in [5.41, 5.74) is 0. The minimum Gasteiger partial charge on any atom is -0.393 e. The third-order valence-corrected chi connectivity index (χ3v) is 3.22. The van der Waals surface area contributed by atoms with E-state index >= 15 is 0 Å². The van der Waals surface area contributed by atoms with Gasteiger partial charge in [0.15, 0.2) is 0 Å². The second-order valence-corrected chi connectivity index (χ2v) is 4.59. The van der Waals surface area contributed by atoms with Crippen LogP contribution >= 0.6 is 0 Å². The zero-order valence-corrected chi connectivity index (χ0v) is 10.5. The van der Waals surface area contributed by atoms with Gasteiger partial charge in [0, 0.05) is 12.5 Å². The summed E-state index contributed by atoms with van der Waals surface area (Å²) >= 11 is 0. The highest BCUT2D eigenvalue weighted by atomic mass is 16.5. The summed E-state index contributed by atoms with van der Waals surface area (Å²) in [4.78, 5) is 11.7. The van der Waals surface area contributed by atoms with Crippen molar-refractivity contribution in [2.75, 3.05) is 13.2 Å². The molecule has 0 aromatic rings. The first-order valence-corrected chi connectivity index (χ1v) is 6.33. The number of hydrogen-bond acceptors (Lipinski definition) is 3. The van der Waals surface area contributed by atoms with Gasteiger partial charge in [-0.3, -0.25) is 4.79 Å². The maximum Gasteiger partial charge on any atom is 0.248 e. The zero-order valence-electron chi connectivity index (χ0n) is 10.5. The van der Waals surface area contributed by atoms with Crippen LogP contribution in [-0.2, 0) is 9.53 Å². The van der Waals surface area contributed by atoms with Crippen LogP contribution < -0.4 is 5.32 Å². The number of carbonyl (C=O) groups is 1. The minimum absolute atomic E-state index is 0.104. The number of amides is 1. The highest BCUT2D eigenvalue weighted by Crippen LogP contribution is 2.24. The second kappa shape index (κ2) is 7.45. The lowest BCUT2D eigenvalue weighted by molar-refractivity contribution is -0.131. The smallest absolute Gasteiger partial charge is 0.248 e. The Bertz CT molecular complexity index is 255. The van der Waals surface area contributed by atoms with E-state index in [0.29, 0.717) is 13.2 Å². The van der Waals surface area contributed by atoms with Gasteiger partial charge in [0.2, 0.25) is 5.91 Å². The maximum absolute atomic E-state index is 11.7. The Balaban J connectivity index is 2.17. The first kappa shape index (κ1) is 14.2. The molecule has 0 radical (unpaired) electrons. The van der Waals surface area contributed by atoms with E-state index in [2.05, 4.69) is 11.9 Å². The molecule has 1 aliphatic carbocycles. The van der Waals surface area contributed by atoms with Crippen molar-refractivity contribution in [1.82, 2.24) is 5.32 Å². The molecule has 0 bridgehead atoms. The zero-order chi connectivity index (χ0) is 12.7. The van der Waals surface area contributed by atoms with E-state index < -0.39 is 6.10 Å². The normalized spacial score (nSPS) is 25.5. The van der Waals surface area contributed by atoms with E-state index in [-0.39, 0.29) is 17.9 Å². The molecule has 0 spiro atoms. The summed E-state index contributed by atoms with van der Waals surface area (Å²) < 4.78 is 5.34. The molecule has 98 valence electrons. The van der Waals surface area contributed by atoms with Gasteiger partial charge in [-0.25, -0.2) is 0 Å². The quantitative estimate of drug-likeness (QED) is 0.521. The van der Waals surface area contributed by atoms with Gasteiger partial charge in [-0.1, -0.05) is 12.5 Å². The van der Waals surface area contributed by atoms with Crippen LogP contribution in [0.4, 0.5) is 0 Å². The van der Waals surface area contributed by atoms with Gasteiger partial charge < -0.3 is 15.2 Å². The Kier molecular flexibility index (Phi) is 6.22. The van der Waals surface area contributed by atoms with Crippen LogP contribution in [0.1, 0.15) is 32.6 Å². The first-order chi connectivity index (χ1) is 8.15. The number of nitrogens with one attached hydrogen (secondary N) is 1. The summed E-state index contributed by atoms with van der Waals surface area (Å²) in [5, 5.41) is 12.5. The van der Waals surface area contributed by atoms with Gasteiger partial charge >= 0.3 is 0 Å². The Morgan fingerprint density at radius 1 is 1.65 bits per heavy atom. The lowest BCUT2D eigenvalue weighted by Gasteiger charge is -2.17. The molecule has 17 heavy (non-hydrogen) atoms. The number of ether oxygens (including phenoxy) is 1. The van der Waals surface area contributed by atoms with Crippen molar-refractivity contribution in [3.05, 3.63) is 12.7 Å². The van der Waals surface area contributed by atoms with Gasteiger partial charge in [-0.2, -0.15) is 0 Å². The number of aliphatic hydroxyl groups excluding tert-OH is 1. The summed E-state index contributed by atoms with van der Waals surface area (Å²) in [6.45, 7) is 6.40. The minimum atomic E-state index is -0.437. The number of hydrogen-bond donors (Lipinski definition) is 2. The van der Waals surface area contributed by atoms with E-state index in [0.717, 1.165) is 25.7 Å². The summed E-state index contributed by atoms with van der Waals surface area (Å²) in [6, 6.07) is 0. The molecule has 1 fully saturated rings. The third-order valence-electron chi connectivity index (χ3n) is 3.22. The Labute approximate surface area is 103 Å². The molecule has 2 N–H and O–H groups in total. The highest BCUT2D eigenvalue weighted by molar-refractivity contribution is 5.80. The third kappa shape index (κ3) is 4.88.